The predicted octanol–water partition coefficient (Wildman–Crippen LogP) is 4.46. The third-order valence-electron chi connectivity index (χ3n) is 3.54. The number of unbranched alkanes of at least 4 members (excludes halogenated alkanes) is 2. The number of fused-ring (bicyclic) bond motifs is 1. The van der Waals surface area contributed by atoms with Crippen molar-refractivity contribution in [1.29, 1.82) is 0 Å². The third-order valence-corrected chi connectivity index (χ3v) is 3.54. The first-order valence-corrected chi connectivity index (χ1v) is 7.00. The SMILES string of the molecule is CCCCCC(O)c1ccc2cc(OC)ccc2c1. The summed E-state index contributed by atoms with van der Waals surface area (Å²) < 4.78 is 5.22. The molecule has 0 aromatic heterocycles. The van der Waals surface area contributed by atoms with Gasteiger partial charge in [-0.3, -0.25) is 0 Å². The van der Waals surface area contributed by atoms with Crippen molar-refractivity contribution in [2.75, 3.05) is 7.11 Å². The number of benzene rings is 2. The predicted molar refractivity (Wildman–Crippen MR) is 79.6 cm³/mol. The van der Waals surface area contributed by atoms with Crippen LogP contribution in [-0.2, 0) is 0 Å². The molecule has 102 valence electrons. The highest BCUT2D eigenvalue weighted by Crippen LogP contribution is 2.26. The van der Waals surface area contributed by atoms with Crippen molar-refractivity contribution in [3.05, 3.63) is 42.0 Å². The van der Waals surface area contributed by atoms with Crippen LogP contribution in [0.2, 0.25) is 0 Å². The molecule has 0 saturated heterocycles. The summed E-state index contributed by atoms with van der Waals surface area (Å²) in [5.41, 5.74) is 1.01. The molecule has 19 heavy (non-hydrogen) atoms. The van der Waals surface area contributed by atoms with E-state index in [2.05, 4.69) is 19.1 Å². The minimum atomic E-state index is -0.349. The Labute approximate surface area is 115 Å². The molecule has 0 radical (unpaired) electrons. The van der Waals surface area contributed by atoms with Gasteiger partial charge in [0.05, 0.1) is 13.2 Å². The van der Waals surface area contributed by atoms with E-state index in [-0.39, 0.29) is 6.10 Å². The van der Waals surface area contributed by atoms with Crippen molar-refractivity contribution in [2.24, 2.45) is 0 Å². The van der Waals surface area contributed by atoms with Crippen molar-refractivity contribution in [1.82, 2.24) is 0 Å². The quantitative estimate of drug-likeness (QED) is 0.775. The van der Waals surface area contributed by atoms with Crippen LogP contribution in [0.5, 0.6) is 5.75 Å². The summed E-state index contributed by atoms with van der Waals surface area (Å²) in [7, 11) is 1.67. The monoisotopic (exact) mass is 258 g/mol. The molecule has 2 aromatic rings. The molecule has 2 rings (SSSR count). The minimum Gasteiger partial charge on any atom is -0.497 e. The lowest BCUT2D eigenvalue weighted by Crippen LogP contribution is -1.97. The maximum absolute atomic E-state index is 10.2. The highest BCUT2D eigenvalue weighted by atomic mass is 16.5. The highest BCUT2D eigenvalue weighted by Gasteiger charge is 2.08. The zero-order valence-electron chi connectivity index (χ0n) is 11.7. The lowest BCUT2D eigenvalue weighted by atomic mass is 10.00. The summed E-state index contributed by atoms with van der Waals surface area (Å²) in [4.78, 5) is 0. The molecule has 1 atom stereocenters. The van der Waals surface area contributed by atoms with Gasteiger partial charge in [-0.1, -0.05) is 44.4 Å². The Morgan fingerprint density at radius 1 is 1.05 bits per heavy atom. The average Bonchev–Trinajstić information content (AvgIpc) is 2.46. The van der Waals surface area contributed by atoms with E-state index < -0.39 is 0 Å². The van der Waals surface area contributed by atoms with Crippen LogP contribution in [0.4, 0.5) is 0 Å². The van der Waals surface area contributed by atoms with Gasteiger partial charge in [0.15, 0.2) is 0 Å². The summed E-state index contributed by atoms with van der Waals surface area (Å²) in [5, 5.41) is 12.5. The normalized spacial score (nSPS) is 12.6. The van der Waals surface area contributed by atoms with Crippen LogP contribution in [0.25, 0.3) is 10.8 Å². The van der Waals surface area contributed by atoms with Crippen molar-refractivity contribution >= 4 is 10.8 Å². The van der Waals surface area contributed by atoms with Crippen LogP contribution in [0.1, 0.15) is 44.3 Å². The number of ether oxygens (including phenoxy) is 1. The van der Waals surface area contributed by atoms with E-state index in [4.69, 9.17) is 4.74 Å². The van der Waals surface area contributed by atoms with Gasteiger partial charge in [-0.2, -0.15) is 0 Å². The van der Waals surface area contributed by atoms with Gasteiger partial charge in [-0.25, -0.2) is 0 Å². The molecule has 0 bridgehead atoms. The Kier molecular flexibility index (Phi) is 4.80. The molecular weight excluding hydrogens is 236 g/mol. The number of aliphatic hydroxyl groups excluding tert-OH is 1. The molecule has 1 N–H and O–H groups in total. The van der Waals surface area contributed by atoms with E-state index >= 15 is 0 Å². The number of hydrogen-bond donors (Lipinski definition) is 1. The summed E-state index contributed by atoms with van der Waals surface area (Å²) in [5.74, 6) is 0.865. The van der Waals surface area contributed by atoms with E-state index in [9.17, 15) is 5.11 Å². The average molecular weight is 258 g/mol. The fourth-order valence-corrected chi connectivity index (χ4v) is 2.33. The number of methoxy groups -OCH3 is 1. The van der Waals surface area contributed by atoms with Crippen LogP contribution in [0.15, 0.2) is 36.4 Å². The second-order valence-corrected chi connectivity index (χ2v) is 4.98. The van der Waals surface area contributed by atoms with Crippen LogP contribution in [0.3, 0.4) is 0 Å². The molecule has 0 amide bonds. The Hall–Kier alpha value is -1.54. The van der Waals surface area contributed by atoms with Gasteiger partial charge in [0.2, 0.25) is 0 Å². The Morgan fingerprint density at radius 3 is 2.53 bits per heavy atom. The second kappa shape index (κ2) is 6.58. The first-order chi connectivity index (χ1) is 9.24. The van der Waals surface area contributed by atoms with Crippen LogP contribution >= 0.6 is 0 Å². The zero-order valence-corrected chi connectivity index (χ0v) is 11.7. The minimum absolute atomic E-state index is 0.349. The molecule has 1 unspecified atom stereocenters. The van der Waals surface area contributed by atoms with Crippen molar-refractivity contribution in [2.45, 2.75) is 38.7 Å². The molecule has 2 aromatic carbocycles. The maximum Gasteiger partial charge on any atom is 0.119 e. The molecule has 2 heteroatoms. The summed E-state index contributed by atoms with van der Waals surface area (Å²) in [6, 6.07) is 12.1. The molecule has 0 aliphatic rings. The standard InChI is InChI=1S/C17H22O2/c1-3-4-5-6-17(18)15-8-7-14-12-16(19-2)10-9-13(14)11-15/h7-12,17-18H,3-6H2,1-2H3. The topological polar surface area (TPSA) is 29.5 Å². The van der Waals surface area contributed by atoms with Crippen molar-refractivity contribution < 1.29 is 9.84 Å². The Balaban J connectivity index is 2.16. The summed E-state index contributed by atoms with van der Waals surface area (Å²) in [6.07, 6.45) is 3.94. The largest absolute Gasteiger partial charge is 0.497 e. The van der Waals surface area contributed by atoms with E-state index in [1.54, 1.807) is 7.11 Å². The summed E-state index contributed by atoms with van der Waals surface area (Å²) >= 11 is 0. The van der Waals surface area contributed by atoms with Gasteiger partial charge in [-0.15, -0.1) is 0 Å². The molecular formula is C17H22O2. The maximum atomic E-state index is 10.2. The van der Waals surface area contributed by atoms with E-state index in [0.717, 1.165) is 34.9 Å². The van der Waals surface area contributed by atoms with Crippen molar-refractivity contribution in [3.63, 3.8) is 0 Å². The second-order valence-electron chi connectivity index (χ2n) is 4.98. The fourth-order valence-electron chi connectivity index (χ4n) is 2.33. The first kappa shape index (κ1) is 13.9. The molecule has 2 nitrogen and oxygen atoms in total. The van der Waals surface area contributed by atoms with Gasteiger partial charge >= 0.3 is 0 Å². The Bertz CT molecular complexity index is 534. The Morgan fingerprint density at radius 2 is 1.79 bits per heavy atom. The molecule has 0 heterocycles. The van der Waals surface area contributed by atoms with Gasteiger partial charge in [-0.05, 0) is 41.0 Å². The van der Waals surface area contributed by atoms with Crippen LogP contribution < -0.4 is 4.74 Å². The smallest absolute Gasteiger partial charge is 0.119 e. The molecule has 0 spiro atoms. The van der Waals surface area contributed by atoms with Gasteiger partial charge in [0.1, 0.15) is 5.75 Å². The first-order valence-electron chi connectivity index (χ1n) is 7.00. The van der Waals surface area contributed by atoms with Gasteiger partial charge < -0.3 is 9.84 Å². The fraction of sp³-hybridized carbons (Fsp3) is 0.412. The molecule has 0 saturated carbocycles. The van der Waals surface area contributed by atoms with Crippen molar-refractivity contribution in [3.8, 4) is 5.75 Å². The highest BCUT2D eigenvalue weighted by molar-refractivity contribution is 5.84. The van der Waals surface area contributed by atoms with E-state index in [1.807, 2.05) is 24.3 Å². The number of aliphatic hydroxyl groups is 1. The molecule has 0 aliphatic heterocycles. The number of hydrogen-bond acceptors (Lipinski definition) is 2. The zero-order chi connectivity index (χ0) is 13.7. The van der Waals surface area contributed by atoms with Crippen LogP contribution in [0, 0.1) is 0 Å². The molecule has 0 aliphatic carbocycles. The number of rotatable bonds is 6. The van der Waals surface area contributed by atoms with Gasteiger partial charge in [0.25, 0.3) is 0 Å². The van der Waals surface area contributed by atoms with Gasteiger partial charge in [0, 0.05) is 0 Å². The molecule has 0 fully saturated rings. The lowest BCUT2D eigenvalue weighted by molar-refractivity contribution is 0.164. The lowest BCUT2D eigenvalue weighted by Gasteiger charge is -2.12. The van der Waals surface area contributed by atoms with E-state index in [1.165, 1.54) is 12.8 Å². The van der Waals surface area contributed by atoms with Crippen LogP contribution in [-0.4, -0.2) is 12.2 Å². The summed E-state index contributed by atoms with van der Waals surface area (Å²) in [6.45, 7) is 2.18. The van der Waals surface area contributed by atoms with E-state index in [0.29, 0.717) is 0 Å². The third kappa shape index (κ3) is 3.48.